The Morgan fingerprint density at radius 3 is 2.68 bits per heavy atom. The lowest BCUT2D eigenvalue weighted by atomic mass is 10.5. The zero-order valence-electron chi connectivity index (χ0n) is 9.87. The highest BCUT2D eigenvalue weighted by Gasteiger charge is 2.30. The normalized spacial score (nSPS) is 11.5. The number of nitro groups is 1. The van der Waals surface area contributed by atoms with Crippen molar-refractivity contribution in [2.45, 2.75) is 17.6 Å². The van der Waals surface area contributed by atoms with Gasteiger partial charge < -0.3 is 0 Å². The summed E-state index contributed by atoms with van der Waals surface area (Å²) in [7, 11) is -3.92. The van der Waals surface area contributed by atoms with Gasteiger partial charge >= 0.3 is 0 Å². The van der Waals surface area contributed by atoms with Gasteiger partial charge in [-0.05, 0) is 6.42 Å². The number of halogens is 1. The van der Waals surface area contributed by atoms with Crippen LogP contribution in [0, 0.1) is 21.4 Å². The molecular formula is C9H10ClN3O4S2. The Labute approximate surface area is 119 Å². The summed E-state index contributed by atoms with van der Waals surface area (Å²) in [6.07, 6.45) is 0.530. The van der Waals surface area contributed by atoms with E-state index in [-0.39, 0.29) is 21.6 Å². The third-order valence-corrected chi connectivity index (χ3v) is 5.79. The molecule has 0 bridgehead atoms. The smallest absolute Gasteiger partial charge is 0.258 e. The van der Waals surface area contributed by atoms with E-state index in [4.69, 9.17) is 16.9 Å². The van der Waals surface area contributed by atoms with E-state index < -0.39 is 20.6 Å². The van der Waals surface area contributed by atoms with E-state index in [1.165, 1.54) is 0 Å². The first-order chi connectivity index (χ1) is 8.84. The van der Waals surface area contributed by atoms with E-state index in [0.717, 1.165) is 10.4 Å². The lowest BCUT2D eigenvalue weighted by Crippen LogP contribution is -2.31. The molecule has 104 valence electrons. The fourth-order valence-corrected chi connectivity index (χ4v) is 4.58. The largest absolute Gasteiger partial charge is 0.300 e. The molecule has 10 heteroatoms. The average Bonchev–Trinajstić information content (AvgIpc) is 2.72. The fraction of sp³-hybridized carbons (Fsp3) is 0.444. The van der Waals surface area contributed by atoms with Gasteiger partial charge in [0.1, 0.15) is 10.8 Å². The maximum Gasteiger partial charge on any atom is 0.300 e. The van der Waals surface area contributed by atoms with Gasteiger partial charge in [0.2, 0.25) is 0 Å². The van der Waals surface area contributed by atoms with Crippen molar-refractivity contribution in [1.82, 2.24) is 4.31 Å². The molecule has 0 N–H and O–H groups in total. The van der Waals surface area contributed by atoms with E-state index in [1.54, 1.807) is 13.0 Å². The van der Waals surface area contributed by atoms with Crippen LogP contribution in [-0.2, 0) is 10.0 Å². The first-order valence-electron chi connectivity index (χ1n) is 5.15. The Balaban J connectivity index is 3.22. The molecule has 0 saturated carbocycles. The van der Waals surface area contributed by atoms with Gasteiger partial charge in [-0.25, -0.2) is 8.42 Å². The molecule has 0 aromatic carbocycles. The molecule has 1 aromatic rings. The van der Waals surface area contributed by atoms with Crippen molar-refractivity contribution in [3.05, 3.63) is 20.5 Å². The fourth-order valence-electron chi connectivity index (χ4n) is 1.33. The van der Waals surface area contributed by atoms with Crippen molar-refractivity contribution in [2.24, 2.45) is 0 Å². The van der Waals surface area contributed by atoms with Crippen molar-refractivity contribution >= 4 is 38.6 Å². The number of thiophene rings is 1. The Bertz CT molecular complexity index is 620. The summed E-state index contributed by atoms with van der Waals surface area (Å²) < 4.78 is 25.0. The van der Waals surface area contributed by atoms with E-state index in [0.29, 0.717) is 17.8 Å². The van der Waals surface area contributed by atoms with Crippen LogP contribution in [0.5, 0.6) is 0 Å². The van der Waals surface area contributed by atoms with Crippen molar-refractivity contribution in [2.75, 3.05) is 13.1 Å². The molecule has 0 aliphatic heterocycles. The minimum atomic E-state index is -3.92. The second-order valence-corrected chi connectivity index (χ2v) is 7.30. The average molecular weight is 324 g/mol. The molecule has 1 aromatic heterocycles. The van der Waals surface area contributed by atoms with Gasteiger partial charge in [-0.2, -0.15) is 9.57 Å². The zero-order valence-corrected chi connectivity index (χ0v) is 12.3. The molecule has 0 aliphatic rings. The van der Waals surface area contributed by atoms with Gasteiger partial charge in [0.25, 0.3) is 15.7 Å². The van der Waals surface area contributed by atoms with Gasteiger partial charge in [-0.15, -0.1) is 11.3 Å². The Morgan fingerprint density at radius 1 is 1.63 bits per heavy atom. The Hall–Kier alpha value is -1.21. The summed E-state index contributed by atoms with van der Waals surface area (Å²) in [5.41, 5.74) is -0.446. The number of nitriles is 1. The maximum absolute atomic E-state index is 12.2. The molecule has 0 radical (unpaired) electrons. The predicted molar refractivity (Wildman–Crippen MR) is 70.6 cm³/mol. The number of hydrogen-bond donors (Lipinski definition) is 0. The van der Waals surface area contributed by atoms with E-state index in [9.17, 15) is 18.5 Å². The van der Waals surface area contributed by atoms with Crippen LogP contribution >= 0.6 is 22.9 Å². The van der Waals surface area contributed by atoms with Crippen LogP contribution in [-0.4, -0.2) is 30.7 Å². The molecule has 1 heterocycles. The van der Waals surface area contributed by atoms with Crippen LogP contribution in [0.25, 0.3) is 0 Å². The molecule has 0 spiro atoms. The zero-order chi connectivity index (χ0) is 14.6. The van der Waals surface area contributed by atoms with Crippen molar-refractivity contribution in [3.8, 4) is 6.07 Å². The van der Waals surface area contributed by atoms with Crippen LogP contribution in [0.3, 0.4) is 0 Å². The molecule has 0 fully saturated rings. The number of nitrogens with zero attached hydrogens (tertiary/aromatic N) is 3. The minimum absolute atomic E-state index is 0.166. The van der Waals surface area contributed by atoms with E-state index in [2.05, 4.69) is 0 Å². The van der Waals surface area contributed by atoms with Gasteiger partial charge in [-0.3, -0.25) is 10.1 Å². The third kappa shape index (κ3) is 3.42. The number of hydrogen-bond acceptors (Lipinski definition) is 6. The number of rotatable bonds is 6. The van der Waals surface area contributed by atoms with Crippen LogP contribution in [0.1, 0.15) is 13.3 Å². The summed E-state index contributed by atoms with van der Waals surface area (Å²) in [5, 5.41) is 19.3. The highest BCUT2D eigenvalue weighted by Crippen LogP contribution is 2.37. The summed E-state index contributed by atoms with van der Waals surface area (Å²) in [6.45, 7) is 1.63. The molecule has 7 nitrogen and oxygen atoms in total. The molecule has 1 rings (SSSR count). The minimum Gasteiger partial charge on any atom is -0.258 e. The lowest BCUT2D eigenvalue weighted by Gasteiger charge is -2.16. The summed E-state index contributed by atoms with van der Waals surface area (Å²) in [5.74, 6) is 0. The van der Waals surface area contributed by atoms with E-state index in [1.807, 2.05) is 0 Å². The molecule has 0 atom stereocenters. The van der Waals surface area contributed by atoms with Crippen molar-refractivity contribution in [3.63, 3.8) is 0 Å². The van der Waals surface area contributed by atoms with Crippen LogP contribution in [0.2, 0.25) is 4.34 Å². The van der Waals surface area contributed by atoms with Gasteiger partial charge in [0.15, 0.2) is 4.34 Å². The molecule has 0 saturated heterocycles. The molecule has 19 heavy (non-hydrogen) atoms. The quantitative estimate of drug-likeness (QED) is 0.453. The molecule has 0 amide bonds. The number of sulfonamides is 1. The highest BCUT2D eigenvalue weighted by atomic mass is 35.5. The van der Waals surface area contributed by atoms with Crippen LogP contribution in [0.4, 0.5) is 5.69 Å². The van der Waals surface area contributed by atoms with Gasteiger partial charge in [0, 0.05) is 12.6 Å². The second-order valence-electron chi connectivity index (χ2n) is 3.48. The predicted octanol–water partition coefficient (Wildman–Crippen LogP) is 2.23. The molecule has 0 unspecified atom stereocenters. The second kappa shape index (κ2) is 6.29. The lowest BCUT2D eigenvalue weighted by molar-refractivity contribution is -0.384. The van der Waals surface area contributed by atoms with Gasteiger partial charge in [-0.1, -0.05) is 18.5 Å². The first kappa shape index (κ1) is 15.8. The van der Waals surface area contributed by atoms with Crippen LogP contribution in [0.15, 0.2) is 10.3 Å². The highest BCUT2D eigenvalue weighted by molar-refractivity contribution is 7.91. The SMILES string of the molecule is CCCN(CC#N)S(=O)(=O)c1cc([N+](=O)[O-])c(Cl)s1. The maximum atomic E-state index is 12.2. The van der Waals surface area contributed by atoms with E-state index >= 15 is 0 Å². The summed E-state index contributed by atoms with van der Waals surface area (Å²) in [4.78, 5) is 9.91. The van der Waals surface area contributed by atoms with Crippen molar-refractivity contribution < 1.29 is 13.3 Å². The van der Waals surface area contributed by atoms with Gasteiger partial charge in [0.05, 0.1) is 11.0 Å². The topological polar surface area (TPSA) is 104 Å². The Kier molecular flexibility index (Phi) is 5.25. The standard InChI is InChI=1S/C9H10ClN3O4S2/c1-2-4-12(5-3-11)19(16,17)8-6-7(13(14)15)9(10)18-8/h6H,2,4-5H2,1H3. The van der Waals surface area contributed by atoms with Crippen molar-refractivity contribution in [1.29, 1.82) is 5.26 Å². The monoisotopic (exact) mass is 323 g/mol. The molecule has 0 aliphatic carbocycles. The van der Waals surface area contributed by atoms with Crippen LogP contribution < -0.4 is 0 Å². The Morgan fingerprint density at radius 2 is 2.26 bits per heavy atom. The molecular weight excluding hydrogens is 314 g/mol. The third-order valence-electron chi connectivity index (χ3n) is 2.16. The summed E-state index contributed by atoms with van der Waals surface area (Å²) in [6, 6.07) is 2.68. The first-order valence-corrected chi connectivity index (χ1v) is 7.78. The summed E-state index contributed by atoms with van der Waals surface area (Å²) >= 11 is 6.25.